The molecule has 0 atom stereocenters. The number of nitrogens with one attached hydrogen (secondary N) is 2. The van der Waals surface area contributed by atoms with Gasteiger partial charge in [-0.3, -0.25) is 9.59 Å². The zero-order chi connectivity index (χ0) is 27.5. The predicted molar refractivity (Wildman–Crippen MR) is 154 cm³/mol. The lowest BCUT2D eigenvalue weighted by molar-refractivity contribution is 0.0955. The van der Waals surface area contributed by atoms with Crippen molar-refractivity contribution in [3.63, 3.8) is 0 Å². The molecule has 0 unspecified atom stereocenters. The van der Waals surface area contributed by atoms with Crippen molar-refractivity contribution in [2.24, 2.45) is 5.10 Å². The van der Waals surface area contributed by atoms with Crippen LogP contribution in [0.2, 0.25) is 0 Å². The van der Waals surface area contributed by atoms with Gasteiger partial charge in [-0.15, -0.1) is 0 Å². The first-order valence-corrected chi connectivity index (χ1v) is 12.6. The fourth-order valence-electron chi connectivity index (χ4n) is 4.34. The van der Waals surface area contributed by atoms with Gasteiger partial charge in [0.15, 0.2) is 5.76 Å². The molecule has 0 radical (unpaired) electrons. The smallest absolute Gasteiger partial charge is 0.291 e. The van der Waals surface area contributed by atoms with Gasteiger partial charge in [-0.1, -0.05) is 48.0 Å². The van der Waals surface area contributed by atoms with Crippen LogP contribution in [0.1, 0.15) is 50.3 Å². The molecule has 3 aromatic carbocycles. The van der Waals surface area contributed by atoms with Crippen LogP contribution in [0.4, 0.5) is 5.69 Å². The van der Waals surface area contributed by atoms with Crippen LogP contribution in [0, 0.1) is 20.8 Å². The van der Waals surface area contributed by atoms with Gasteiger partial charge in [0.05, 0.1) is 22.5 Å². The molecule has 5 aromatic rings. The number of nitrogens with zero attached hydrogens (tertiary/aromatic N) is 2. The van der Waals surface area contributed by atoms with Crippen LogP contribution in [0.5, 0.6) is 0 Å². The van der Waals surface area contributed by atoms with Crippen LogP contribution in [-0.4, -0.2) is 22.5 Å². The Morgan fingerprint density at radius 1 is 0.846 bits per heavy atom. The number of hydrogen-bond acceptors (Lipinski definition) is 5. The summed E-state index contributed by atoms with van der Waals surface area (Å²) in [5.41, 5.74) is 9.76. The molecule has 0 bridgehead atoms. The Morgan fingerprint density at radius 2 is 1.67 bits per heavy atom. The van der Waals surface area contributed by atoms with E-state index in [4.69, 9.17) is 9.40 Å². The Bertz CT molecular complexity index is 1750. The van der Waals surface area contributed by atoms with Crippen molar-refractivity contribution in [3.8, 4) is 11.3 Å². The number of pyridine rings is 1. The first-order chi connectivity index (χ1) is 18.8. The third-order valence-electron chi connectivity index (χ3n) is 6.46. The van der Waals surface area contributed by atoms with Crippen molar-refractivity contribution in [2.75, 3.05) is 5.32 Å². The number of hydrazone groups is 1. The van der Waals surface area contributed by atoms with E-state index in [1.54, 1.807) is 38.1 Å². The van der Waals surface area contributed by atoms with E-state index < -0.39 is 0 Å². The molecule has 0 aliphatic rings. The second-order valence-corrected chi connectivity index (χ2v) is 9.47. The topological polar surface area (TPSA) is 96.6 Å². The zero-order valence-corrected chi connectivity index (χ0v) is 22.2. The van der Waals surface area contributed by atoms with Gasteiger partial charge in [-0.05, 0) is 81.3 Å². The predicted octanol–water partition coefficient (Wildman–Crippen LogP) is 6.83. The maximum Gasteiger partial charge on any atom is 0.291 e. The molecule has 194 valence electrons. The number of aromatic nitrogens is 1. The largest absolute Gasteiger partial charge is 0.456 e. The summed E-state index contributed by atoms with van der Waals surface area (Å²) in [7, 11) is 0. The fourth-order valence-corrected chi connectivity index (χ4v) is 4.34. The summed E-state index contributed by atoms with van der Waals surface area (Å²) in [5.74, 6) is 0.223. The Hall–Kier alpha value is -5.04. The zero-order valence-electron chi connectivity index (χ0n) is 22.2. The van der Waals surface area contributed by atoms with E-state index in [9.17, 15) is 9.59 Å². The summed E-state index contributed by atoms with van der Waals surface area (Å²) in [4.78, 5) is 30.7. The molecular formula is C32H28N4O3. The second-order valence-electron chi connectivity index (χ2n) is 9.47. The van der Waals surface area contributed by atoms with Gasteiger partial charge in [0.1, 0.15) is 5.76 Å². The number of para-hydroxylation sites is 1. The molecule has 0 spiro atoms. The van der Waals surface area contributed by atoms with Gasteiger partial charge in [-0.2, -0.15) is 5.10 Å². The number of hydrogen-bond donors (Lipinski definition) is 2. The summed E-state index contributed by atoms with van der Waals surface area (Å²) in [6, 6.07) is 26.2. The normalized spacial score (nSPS) is 11.4. The van der Waals surface area contributed by atoms with E-state index in [-0.39, 0.29) is 17.6 Å². The van der Waals surface area contributed by atoms with E-state index in [0.717, 1.165) is 38.9 Å². The van der Waals surface area contributed by atoms with Gasteiger partial charge in [0.2, 0.25) is 0 Å². The quantitative estimate of drug-likeness (QED) is 0.191. The Labute approximate surface area is 226 Å². The molecule has 39 heavy (non-hydrogen) atoms. The van der Waals surface area contributed by atoms with E-state index in [1.807, 2.05) is 56.3 Å². The van der Waals surface area contributed by atoms with E-state index in [2.05, 4.69) is 34.0 Å². The lowest BCUT2D eigenvalue weighted by Crippen LogP contribution is -2.20. The van der Waals surface area contributed by atoms with Crippen LogP contribution in [0.15, 0.2) is 94.4 Å². The number of carbonyl (C=O) groups excluding carboxylic acids is 2. The number of furan rings is 1. The monoisotopic (exact) mass is 516 g/mol. The van der Waals surface area contributed by atoms with Gasteiger partial charge in [0.25, 0.3) is 11.8 Å². The number of fused-ring (bicyclic) bond motifs is 1. The second kappa shape index (κ2) is 10.8. The van der Waals surface area contributed by atoms with Crippen molar-refractivity contribution in [1.29, 1.82) is 0 Å². The number of anilines is 1. The molecule has 2 amide bonds. The maximum absolute atomic E-state index is 13.4. The molecule has 2 N–H and O–H groups in total. The number of rotatable bonds is 6. The first-order valence-electron chi connectivity index (χ1n) is 12.6. The van der Waals surface area contributed by atoms with Crippen LogP contribution < -0.4 is 10.7 Å². The highest BCUT2D eigenvalue weighted by Gasteiger charge is 2.15. The van der Waals surface area contributed by atoms with Crippen LogP contribution in [0.25, 0.3) is 22.2 Å². The SMILES string of the molecule is C/C(=N/NC(=O)c1cc(-c2cc(C)ccc2C)nc2ccccc12)c1cccc(NC(=O)c2ccc(C)o2)c1. The van der Waals surface area contributed by atoms with Crippen LogP contribution >= 0.6 is 0 Å². The van der Waals surface area contributed by atoms with E-state index >= 15 is 0 Å². The van der Waals surface area contributed by atoms with E-state index in [1.165, 1.54) is 0 Å². The number of aryl methyl sites for hydroxylation is 3. The minimum Gasteiger partial charge on any atom is -0.456 e. The Morgan fingerprint density at radius 3 is 2.46 bits per heavy atom. The molecule has 7 nitrogen and oxygen atoms in total. The molecule has 0 aliphatic heterocycles. The lowest BCUT2D eigenvalue weighted by atomic mass is 9.99. The molecule has 0 aliphatic carbocycles. The minimum absolute atomic E-state index is 0.236. The molecule has 5 rings (SSSR count). The van der Waals surface area contributed by atoms with Gasteiger partial charge < -0.3 is 9.73 Å². The highest BCUT2D eigenvalue weighted by molar-refractivity contribution is 6.08. The van der Waals surface area contributed by atoms with Crippen molar-refractivity contribution in [2.45, 2.75) is 27.7 Å². The van der Waals surface area contributed by atoms with Gasteiger partial charge >= 0.3 is 0 Å². The van der Waals surface area contributed by atoms with Crippen LogP contribution in [-0.2, 0) is 0 Å². The highest BCUT2D eigenvalue weighted by atomic mass is 16.3. The molecule has 0 saturated heterocycles. The molecule has 0 saturated carbocycles. The highest BCUT2D eigenvalue weighted by Crippen LogP contribution is 2.28. The molecular weight excluding hydrogens is 488 g/mol. The number of benzene rings is 3. The van der Waals surface area contributed by atoms with E-state index in [0.29, 0.717) is 22.7 Å². The number of carbonyl (C=O) groups is 2. The third-order valence-corrected chi connectivity index (χ3v) is 6.46. The molecule has 2 aromatic heterocycles. The van der Waals surface area contributed by atoms with Crippen molar-refractivity contribution < 1.29 is 14.0 Å². The standard InChI is InChI=1S/C32H28N4O3/c1-19-12-13-20(2)26(16-19)29-18-27(25-10-5-6-11-28(25)34-29)31(37)36-35-22(4)23-8-7-9-24(17-23)33-32(38)30-15-14-21(3)39-30/h5-18H,1-4H3,(H,33,38)(H,36,37)/b35-22-. The maximum atomic E-state index is 13.4. The summed E-state index contributed by atoms with van der Waals surface area (Å²) in [6.45, 7) is 7.65. The average Bonchev–Trinajstić information content (AvgIpc) is 3.38. The molecule has 7 heteroatoms. The van der Waals surface area contributed by atoms with Crippen molar-refractivity contribution in [3.05, 3.63) is 119 Å². The summed E-state index contributed by atoms with van der Waals surface area (Å²) in [5, 5.41) is 7.93. The summed E-state index contributed by atoms with van der Waals surface area (Å²) >= 11 is 0. The summed E-state index contributed by atoms with van der Waals surface area (Å²) < 4.78 is 5.39. The fraction of sp³-hybridized carbons (Fsp3) is 0.125. The minimum atomic E-state index is -0.340. The molecule has 2 heterocycles. The van der Waals surface area contributed by atoms with Crippen molar-refractivity contribution >= 4 is 34.1 Å². The van der Waals surface area contributed by atoms with Crippen molar-refractivity contribution in [1.82, 2.24) is 10.4 Å². The van der Waals surface area contributed by atoms with Gasteiger partial charge in [-0.25, -0.2) is 10.4 Å². The number of amides is 2. The third kappa shape index (κ3) is 5.62. The lowest BCUT2D eigenvalue weighted by Gasteiger charge is -2.12. The van der Waals surface area contributed by atoms with Gasteiger partial charge in [0, 0.05) is 16.6 Å². The summed E-state index contributed by atoms with van der Waals surface area (Å²) in [6.07, 6.45) is 0. The Balaban J connectivity index is 1.40. The first kappa shape index (κ1) is 25.6. The Kier molecular flexibility index (Phi) is 7.06. The van der Waals surface area contributed by atoms with Crippen LogP contribution in [0.3, 0.4) is 0 Å². The average molecular weight is 517 g/mol. The molecule has 0 fully saturated rings.